The molecule has 120 valence electrons. The van der Waals surface area contributed by atoms with E-state index in [0.29, 0.717) is 6.42 Å². The number of rotatable bonds is 4. The minimum absolute atomic E-state index is 0.0898. The van der Waals surface area contributed by atoms with Crippen LogP contribution in [0.5, 0.6) is 0 Å². The van der Waals surface area contributed by atoms with E-state index in [1.54, 1.807) is 12.4 Å². The highest BCUT2D eigenvalue weighted by molar-refractivity contribution is 5.78. The van der Waals surface area contributed by atoms with Gasteiger partial charge in [0.1, 0.15) is 0 Å². The van der Waals surface area contributed by atoms with Gasteiger partial charge in [-0.15, -0.1) is 0 Å². The molecule has 0 bridgehead atoms. The van der Waals surface area contributed by atoms with Gasteiger partial charge in [-0.25, -0.2) is 0 Å². The van der Waals surface area contributed by atoms with Gasteiger partial charge in [-0.2, -0.15) is 0 Å². The number of carbonyl (C=O) groups excluding carboxylic acids is 1. The third-order valence-electron chi connectivity index (χ3n) is 4.31. The van der Waals surface area contributed by atoms with Gasteiger partial charge in [-0.1, -0.05) is 18.2 Å². The summed E-state index contributed by atoms with van der Waals surface area (Å²) in [5.41, 5.74) is 3.53. The van der Waals surface area contributed by atoms with E-state index in [1.165, 1.54) is 11.3 Å². The molecule has 4 nitrogen and oxygen atoms in total. The van der Waals surface area contributed by atoms with Crippen LogP contribution < -0.4 is 10.2 Å². The molecule has 1 aromatic carbocycles. The van der Waals surface area contributed by atoms with Gasteiger partial charge in [0.2, 0.25) is 5.91 Å². The molecule has 1 N–H and O–H groups in total. The molecule has 1 amide bonds. The number of benzene rings is 1. The Bertz CT molecular complexity index is 649. The van der Waals surface area contributed by atoms with Crippen molar-refractivity contribution in [2.45, 2.75) is 32.2 Å². The zero-order valence-electron chi connectivity index (χ0n) is 13.5. The van der Waals surface area contributed by atoms with Gasteiger partial charge in [0.05, 0.1) is 6.42 Å². The van der Waals surface area contributed by atoms with Gasteiger partial charge < -0.3 is 10.2 Å². The second-order valence-corrected chi connectivity index (χ2v) is 6.21. The summed E-state index contributed by atoms with van der Waals surface area (Å²) in [6.07, 6.45) is 5.87. The molecule has 1 aliphatic rings. The number of hydrogen-bond donors (Lipinski definition) is 1. The molecule has 1 aromatic heterocycles. The van der Waals surface area contributed by atoms with Crippen molar-refractivity contribution in [3.05, 3.63) is 59.9 Å². The van der Waals surface area contributed by atoms with Crippen molar-refractivity contribution in [3.8, 4) is 0 Å². The molecule has 23 heavy (non-hydrogen) atoms. The average molecular weight is 309 g/mol. The Labute approximate surface area is 137 Å². The summed E-state index contributed by atoms with van der Waals surface area (Å²) in [5, 5.41) is 3.16. The summed E-state index contributed by atoms with van der Waals surface area (Å²) >= 11 is 0. The van der Waals surface area contributed by atoms with Crippen molar-refractivity contribution in [2.75, 3.05) is 18.0 Å². The number of aryl methyl sites for hydroxylation is 1. The standard InChI is InChI=1S/C19H23N3O/c1-15-4-2-6-18(12-15)22-10-7-17(8-11-22)21-19(23)13-16-5-3-9-20-14-16/h2-6,9,12,14,17H,7-8,10-11,13H2,1H3,(H,21,23). The van der Waals surface area contributed by atoms with Crippen LogP contribution in [0.3, 0.4) is 0 Å². The van der Waals surface area contributed by atoms with Gasteiger partial charge in [-0.3, -0.25) is 9.78 Å². The Balaban J connectivity index is 1.48. The Kier molecular flexibility index (Phi) is 4.91. The molecular formula is C19H23N3O. The molecule has 0 unspecified atom stereocenters. The van der Waals surface area contributed by atoms with E-state index in [4.69, 9.17) is 0 Å². The van der Waals surface area contributed by atoms with Crippen LogP contribution in [0, 0.1) is 6.92 Å². The predicted octanol–water partition coefficient (Wildman–Crippen LogP) is 2.72. The van der Waals surface area contributed by atoms with Crippen LogP contribution in [0.4, 0.5) is 5.69 Å². The summed E-state index contributed by atoms with van der Waals surface area (Å²) in [4.78, 5) is 18.6. The first-order valence-corrected chi connectivity index (χ1v) is 8.20. The predicted molar refractivity (Wildman–Crippen MR) is 92.5 cm³/mol. The molecule has 2 aromatic rings. The van der Waals surface area contributed by atoms with E-state index >= 15 is 0 Å². The van der Waals surface area contributed by atoms with Gasteiger partial charge in [0.25, 0.3) is 0 Å². The van der Waals surface area contributed by atoms with Crippen LogP contribution >= 0.6 is 0 Å². The van der Waals surface area contributed by atoms with E-state index < -0.39 is 0 Å². The van der Waals surface area contributed by atoms with Gasteiger partial charge in [0, 0.05) is 37.2 Å². The highest BCUT2D eigenvalue weighted by Gasteiger charge is 2.20. The largest absolute Gasteiger partial charge is 0.371 e. The fourth-order valence-corrected chi connectivity index (χ4v) is 3.07. The maximum atomic E-state index is 12.1. The fraction of sp³-hybridized carbons (Fsp3) is 0.368. The smallest absolute Gasteiger partial charge is 0.224 e. The zero-order chi connectivity index (χ0) is 16.1. The molecule has 0 aliphatic carbocycles. The molecule has 1 aliphatic heterocycles. The van der Waals surface area contributed by atoms with Crippen LogP contribution in [0.25, 0.3) is 0 Å². The van der Waals surface area contributed by atoms with Crippen molar-refractivity contribution < 1.29 is 4.79 Å². The van der Waals surface area contributed by atoms with Crippen LogP contribution in [-0.2, 0) is 11.2 Å². The van der Waals surface area contributed by atoms with E-state index in [2.05, 4.69) is 46.4 Å². The molecule has 1 fully saturated rings. The lowest BCUT2D eigenvalue weighted by Crippen LogP contribution is -2.45. The topological polar surface area (TPSA) is 45.2 Å². The average Bonchev–Trinajstić information content (AvgIpc) is 2.56. The highest BCUT2D eigenvalue weighted by Crippen LogP contribution is 2.21. The fourth-order valence-electron chi connectivity index (χ4n) is 3.07. The maximum Gasteiger partial charge on any atom is 0.224 e. The molecule has 0 spiro atoms. The van der Waals surface area contributed by atoms with Gasteiger partial charge in [-0.05, 0) is 49.1 Å². The monoisotopic (exact) mass is 309 g/mol. The number of nitrogens with one attached hydrogen (secondary N) is 1. The summed E-state index contributed by atoms with van der Waals surface area (Å²) in [5.74, 6) is 0.0898. The molecular weight excluding hydrogens is 286 g/mol. The Hall–Kier alpha value is -2.36. The van der Waals surface area contributed by atoms with Crippen molar-refractivity contribution in [1.29, 1.82) is 0 Å². The summed E-state index contributed by atoms with van der Waals surface area (Å²) in [7, 11) is 0. The van der Waals surface area contributed by atoms with E-state index in [0.717, 1.165) is 31.5 Å². The van der Waals surface area contributed by atoms with E-state index in [1.807, 2.05) is 12.1 Å². The first-order valence-electron chi connectivity index (χ1n) is 8.20. The minimum Gasteiger partial charge on any atom is -0.371 e. The second-order valence-electron chi connectivity index (χ2n) is 6.21. The zero-order valence-corrected chi connectivity index (χ0v) is 13.5. The quantitative estimate of drug-likeness (QED) is 0.944. The first kappa shape index (κ1) is 15.5. The number of hydrogen-bond acceptors (Lipinski definition) is 3. The summed E-state index contributed by atoms with van der Waals surface area (Å²) in [6, 6.07) is 12.7. The Morgan fingerprint density at radius 2 is 2.09 bits per heavy atom. The van der Waals surface area contributed by atoms with Gasteiger partial charge >= 0.3 is 0 Å². The molecule has 1 saturated heterocycles. The molecule has 0 radical (unpaired) electrons. The van der Waals surface area contributed by atoms with E-state index in [-0.39, 0.29) is 11.9 Å². The Morgan fingerprint density at radius 3 is 2.78 bits per heavy atom. The normalized spacial score (nSPS) is 15.4. The van der Waals surface area contributed by atoms with Crippen LogP contribution in [-0.4, -0.2) is 30.0 Å². The molecule has 4 heteroatoms. The van der Waals surface area contributed by atoms with Crippen molar-refractivity contribution in [2.24, 2.45) is 0 Å². The molecule has 0 atom stereocenters. The second kappa shape index (κ2) is 7.27. The third-order valence-corrected chi connectivity index (χ3v) is 4.31. The van der Waals surface area contributed by atoms with Crippen molar-refractivity contribution >= 4 is 11.6 Å². The number of carbonyl (C=O) groups is 1. The SMILES string of the molecule is Cc1cccc(N2CCC(NC(=O)Cc3cccnc3)CC2)c1. The lowest BCUT2D eigenvalue weighted by Gasteiger charge is -2.34. The molecule has 0 saturated carbocycles. The summed E-state index contributed by atoms with van der Waals surface area (Å²) < 4.78 is 0. The van der Waals surface area contributed by atoms with Crippen LogP contribution in [0.1, 0.15) is 24.0 Å². The van der Waals surface area contributed by atoms with Crippen molar-refractivity contribution in [3.63, 3.8) is 0 Å². The van der Waals surface area contributed by atoms with Crippen LogP contribution in [0.15, 0.2) is 48.8 Å². The van der Waals surface area contributed by atoms with Gasteiger partial charge in [0.15, 0.2) is 0 Å². The number of aromatic nitrogens is 1. The molecule has 2 heterocycles. The Morgan fingerprint density at radius 1 is 1.26 bits per heavy atom. The molecule has 3 rings (SSSR count). The minimum atomic E-state index is 0.0898. The third kappa shape index (κ3) is 4.31. The lowest BCUT2D eigenvalue weighted by molar-refractivity contribution is -0.121. The number of amides is 1. The number of piperidine rings is 1. The number of nitrogens with zero attached hydrogens (tertiary/aromatic N) is 2. The maximum absolute atomic E-state index is 12.1. The number of anilines is 1. The van der Waals surface area contributed by atoms with Crippen molar-refractivity contribution in [1.82, 2.24) is 10.3 Å². The van der Waals surface area contributed by atoms with Crippen LogP contribution in [0.2, 0.25) is 0 Å². The number of pyridine rings is 1. The van der Waals surface area contributed by atoms with E-state index in [9.17, 15) is 4.79 Å². The first-order chi connectivity index (χ1) is 11.2. The summed E-state index contributed by atoms with van der Waals surface area (Å²) in [6.45, 7) is 4.09. The highest BCUT2D eigenvalue weighted by atomic mass is 16.1. The lowest BCUT2D eigenvalue weighted by atomic mass is 10.0.